The van der Waals surface area contributed by atoms with Crippen LogP contribution in [0.2, 0.25) is 6.55 Å². The van der Waals surface area contributed by atoms with Crippen LogP contribution in [0.5, 0.6) is 0 Å². The Morgan fingerprint density at radius 2 is 2.00 bits per heavy atom. The highest BCUT2D eigenvalue weighted by Crippen LogP contribution is 2.15. The highest BCUT2D eigenvalue weighted by atomic mass is 28.2. The van der Waals surface area contributed by atoms with Gasteiger partial charge in [0.2, 0.25) is 0 Å². The van der Waals surface area contributed by atoms with Crippen molar-refractivity contribution in [2.45, 2.75) is 45.1 Å². The van der Waals surface area contributed by atoms with Gasteiger partial charge in [-0.3, -0.25) is 0 Å². The van der Waals surface area contributed by atoms with E-state index >= 15 is 0 Å². The van der Waals surface area contributed by atoms with E-state index in [2.05, 4.69) is 12.6 Å². The second-order valence-electron chi connectivity index (χ2n) is 2.93. The van der Waals surface area contributed by atoms with E-state index in [4.69, 9.17) is 0 Å². The van der Waals surface area contributed by atoms with Crippen LogP contribution in [0.25, 0.3) is 0 Å². The quantitative estimate of drug-likeness (QED) is 0.507. The summed E-state index contributed by atoms with van der Waals surface area (Å²) in [7, 11) is 1.06. The Morgan fingerprint density at radius 3 is 2.80 bits per heavy atom. The predicted molar refractivity (Wildman–Crippen MR) is 47.4 cm³/mol. The van der Waals surface area contributed by atoms with Gasteiger partial charge in [-0.2, -0.15) is 0 Å². The molecule has 0 heterocycles. The Hall–Kier alpha value is -0.0431. The molecule has 2 radical (unpaired) electrons. The van der Waals surface area contributed by atoms with Gasteiger partial charge >= 0.3 is 0 Å². The highest BCUT2D eigenvalue weighted by molar-refractivity contribution is 6.43. The van der Waals surface area contributed by atoms with Crippen molar-refractivity contribution in [3.8, 4) is 0 Å². The maximum absolute atomic E-state index is 2.47. The third-order valence-electron chi connectivity index (χ3n) is 2.11. The zero-order valence-corrected chi connectivity index (χ0v) is 7.82. The smallest absolute Gasteiger partial charge is 0.0711 e. The van der Waals surface area contributed by atoms with E-state index in [1.807, 2.05) is 0 Å². The molecule has 0 spiro atoms. The molecule has 0 aromatic carbocycles. The maximum atomic E-state index is 2.47. The molecule has 10 heavy (non-hydrogen) atoms. The van der Waals surface area contributed by atoms with Crippen molar-refractivity contribution in [1.29, 1.82) is 0 Å². The van der Waals surface area contributed by atoms with Crippen molar-refractivity contribution >= 4 is 9.52 Å². The lowest BCUT2D eigenvalue weighted by atomic mass is 10.1. The highest BCUT2D eigenvalue weighted by Gasteiger charge is 1.98. The summed E-state index contributed by atoms with van der Waals surface area (Å²) in [5.41, 5.74) is 0. The van der Waals surface area contributed by atoms with Gasteiger partial charge in [0.1, 0.15) is 0 Å². The van der Waals surface area contributed by atoms with Crippen LogP contribution in [0.4, 0.5) is 0 Å². The van der Waals surface area contributed by atoms with Gasteiger partial charge in [-0.25, -0.2) is 0 Å². The van der Waals surface area contributed by atoms with Crippen LogP contribution < -0.4 is 0 Å². The summed E-state index contributed by atoms with van der Waals surface area (Å²) in [5, 5.41) is 1.72. The molecule has 0 nitrogen and oxygen atoms in total. The van der Waals surface area contributed by atoms with Gasteiger partial charge in [-0.15, -0.1) is 0 Å². The van der Waals surface area contributed by atoms with E-state index in [0.717, 1.165) is 9.52 Å². The molecule has 0 bridgehead atoms. The summed E-state index contributed by atoms with van der Waals surface area (Å²) < 4.78 is 0. The third kappa shape index (κ3) is 2.69. The molecule has 0 aromatic heterocycles. The van der Waals surface area contributed by atoms with Crippen molar-refractivity contribution in [2.75, 3.05) is 0 Å². The van der Waals surface area contributed by atoms with Gasteiger partial charge in [0.15, 0.2) is 0 Å². The van der Waals surface area contributed by atoms with Crippen LogP contribution in [-0.4, -0.2) is 9.52 Å². The molecule has 0 N–H and O–H groups in total. The molecule has 0 amide bonds. The molecule has 0 saturated heterocycles. The van der Waals surface area contributed by atoms with Gasteiger partial charge in [0.05, 0.1) is 9.52 Å². The standard InChI is InChI=1S/C9H16Si/c1-10-9-7-5-3-2-4-6-8-9/h7H,2-6,8H2,1H3/b9-7+. The Balaban J connectivity index is 2.35. The minimum atomic E-state index is 1.06. The van der Waals surface area contributed by atoms with Gasteiger partial charge in [-0.1, -0.05) is 30.7 Å². The summed E-state index contributed by atoms with van der Waals surface area (Å²) in [5.74, 6) is 0. The molecule has 56 valence electrons. The summed E-state index contributed by atoms with van der Waals surface area (Å²) in [6.07, 6.45) is 11.0. The SMILES string of the molecule is C[Si]/C1=C/CCCCCC1. The van der Waals surface area contributed by atoms with Gasteiger partial charge in [0, 0.05) is 0 Å². The summed E-state index contributed by atoms with van der Waals surface area (Å²) in [4.78, 5) is 0. The molecular weight excluding hydrogens is 136 g/mol. The summed E-state index contributed by atoms with van der Waals surface area (Å²) in [6, 6.07) is 0. The van der Waals surface area contributed by atoms with E-state index in [0.29, 0.717) is 0 Å². The first kappa shape index (κ1) is 8.06. The zero-order valence-electron chi connectivity index (χ0n) is 6.82. The lowest BCUT2D eigenvalue weighted by Gasteiger charge is -2.07. The number of rotatable bonds is 1. The van der Waals surface area contributed by atoms with Crippen molar-refractivity contribution in [3.63, 3.8) is 0 Å². The fourth-order valence-corrected chi connectivity index (χ4v) is 2.19. The number of hydrogen-bond donors (Lipinski definition) is 0. The normalized spacial score (nSPS) is 26.3. The monoisotopic (exact) mass is 152 g/mol. The van der Waals surface area contributed by atoms with Crippen molar-refractivity contribution in [2.24, 2.45) is 0 Å². The average Bonchev–Trinajstić information content (AvgIpc) is 1.87. The van der Waals surface area contributed by atoms with Crippen LogP contribution in [0, 0.1) is 0 Å². The lowest BCUT2D eigenvalue weighted by molar-refractivity contribution is 0.633. The summed E-state index contributed by atoms with van der Waals surface area (Å²) in [6.45, 7) is 2.30. The number of hydrogen-bond acceptors (Lipinski definition) is 0. The summed E-state index contributed by atoms with van der Waals surface area (Å²) >= 11 is 0. The molecule has 0 saturated carbocycles. The van der Waals surface area contributed by atoms with Crippen molar-refractivity contribution in [1.82, 2.24) is 0 Å². The first-order valence-corrected chi connectivity index (χ1v) is 5.80. The van der Waals surface area contributed by atoms with Crippen molar-refractivity contribution < 1.29 is 0 Å². The first-order chi connectivity index (χ1) is 4.93. The molecule has 0 aromatic rings. The molecule has 1 aliphatic carbocycles. The fraction of sp³-hybridized carbons (Fsp3) is 0.778. The molecule has 1 aliphatic rings. The van der Waals surface area contributed by atoms with Crippen LogP contribution in [0.15, 0.2) is 11.3 Å². The van der Waals surface area contributed by atoms with E-state index in [9.17, 15) is 0 Å². The zero-order chi connectivity index (χ0) is 7.23. The Labute approximate surface area is 66.5 Å². The lowest BCUT2D eigenvalue weighted by Crippen LogP contribution is -1.94. The minimum Gasteiger partial charge on any atom is -0.0897 e. The third-order valence-corrected chi connectivity index (χ3v) is 3.21. The van der Waals surface area contributed by atoms with E-state index in [-0.39, 0.29) is 0 Å². The molecule has 0 unspecified atom stereocenters. The maximum Gasteiger partial charge on any atom is 0.0711 e. The van der Waals surface area contributed by atoms with E-state index in [1.165, 1.54) is 38.5 Å². The van der Waals surface area contributed by atoms with Gasteiger partial charge in [-0.05, 0) is 25.7 Å². The molecule has 0 atom stereocenters. The molecule has 1 heteroatoms. The van der Waals surface area contributed by atoms with Crippen LogP contribution in [0.3, 0.4) is 0 Å². The Kier molecular flexibility index (Phi) is 3.81. The van der Waals surface area contributed by atoms with Crippen LogP contribution in [0.1, 0.15) is 38.5 Å². The Bertz CT molecular complexity index is 116. The molecular formula is C9H16Si. The predicted octanol–water partition coefficient (Wildman–Crippen LogP) is 2.98. The topological polar surface area (TPSA) is 0 Å². The van der Waals surface area contributed by atoms with Crippen molar-refractivity contribution in [3.05, 3.63) is 11.3 Å². The Morgan fingerprint density at radius 1 is 1.20 bits per heavy atom. The molecule has 1 rings (SSSR count). The van der Waals surface area contributed by atoms with E-state index < -0.39 is 0 Å². The molecule has 0 aliphatic heterocycles. The van der Waals surface area contributed by atoms with Gasteiger partial charge in [0.25, 0.3) is 0 Å². The van der Waals surface area contributed by atoms with E-state index in [1.54, 1.807) is 5.20 Å². The first-order valence-electron chi connectivity index (χ1n) is 4.30. The second-order valence-corrected chi connectivity index (χ2v) is 4.07. The fourth-order valence-electron chi connectivity index (χ4n) is 1.42. The van der Waals surface area contributed by atoms with Crippen LogP contribution in [-0.2, 0) is 0 Å². The average molecular weight is 152 g/mol. The second kappa shape index (κ2) is 4.72. The van der Waals surface area contributed by atoms with Crippen LogP contribution >= 0.6 is 0 Å². The minimum absolute atomic E-state index is 1.06. The molecule has 0 fully saturated rings. The number of allylic oxidation sites excluding steroid dienone is 2. The van der Waals surface area contributed by atoms with Gasteiger partial charge < -0.3 is 0 Å². The largest absolute Gasteiger partial charge is 0.0897 e.